The number of aromatic nitrogens is 1. The van der Waals surface area contributed by atoms with Gasteiger partial charge in [0.2, 0.25) is 0 Å². The molecule has 0 spiro atoms. The highest BCUT2D eigenvalue weighted by Crippen LogP contribution is 2.45. The van der Waals surface area contributed by atoms with Crippen LogP contribution in [0.3, 0.4) is 0 Å². The Morgan fingerprint density at radius 2 is 1.84 bits per heavy atom. The molecule has 0 saturated heterocycles. The minimum absolute atomic E-state index is 0.259. The highest BCUT2D eigenvalue weighted by molar-refractivity contribution is 6.30. The summed E-state index contributed by atoms with van der Waals surface area (Å²) in [6.45, 7) is 2.08. The van der Waals surface area contributed by atoms with Crippen LogP contribution in [0.1, 0.15) is 23.1 Å². The topological polar surface area (TPSA) is 58.1 Å². The van der Waals surface area contributed by atoms with Gasteiger partial charge in [0.25, 0.3) is 0 Å². The highest BCUT2D eigenvalue weighted by atomic mass is 35.5. The molecule has 31 heavy (non-hydrogen) atoms. The summed E-state index contributed by atoms with van der Waals surface area (Å²) in [5.74, 6) is 2.23. The van der Waals surface area contributed by atoms with E-state index in [-0.39, 0.29) is 6.17 Å². The van der Waals surface area contributed by atoms with Crippen LogP contribution in [-0.4, -0.2) is 21.8 Å². The molecule has 0 radical (unpaired) electrons. The zero-order valence-corrected chi connectivity index (χ0v) is 17.4. The number of nitrogens with one attached hydrogen (secondary N) is 1. The molecule has 2 aromatic carbocycles. The first-order valence-electron chi connectivity index (χ1n) is 9.96. The van der Waals surface area contributed by atoms with Crippen LogP contribution < -0.4 is 5.43 Å². The lowest BCUT2D eigenvalue weighted by Crippen LogP contribution is -2.37. The Labute approximate surface area is 184 Å². The van der Waals surface area contributed by atoms with Crippen molar-refractivity contribution < 1.29 is 4.42 Å². The molecule has 4 aromatic rings. The molecule has 6 nitrogen and oxygen atoms in total. The van der Waals surface area contributed by atoms with Crippen molar-refractivity contribution in [3.8, 4) is 16.8 Å². The molecule has 0 fully saturated rings. The minimum atomic E-state index is -0.259. The molecular weight excluding hydrogens is 410 g/mol. The fourth-order valence-corrected chi connectivity index (χ4v) is 4.13. The molecule has 1 N–H and O–H groups in total. The number of aryl methyl sites for hydroxylation is 1. The zero-order chi connectivity index (χ0) is 20.9. The standard InChI is InChI=1S/C24H18ClN5O/c1-15-4-10-18(11-5-15)29-13-19(16-6-8-17(25)9-7-16)21-23(29)26-14-30-24(21)27-22(28-30)20-3-2-12-31-20/h2-14,24H,1H3,(H,27,28). The summed E-state index contributed by atoms with van der Waals surface area (Å²) >= 11 is 6.14. The summed E-state index contributed by atoms with van der Waals surface area (Å²) in [5, 5.41) is 2.61. The first kappa shape index (κ1) is 18.0. The predicted molar refractivity (Wildman–Crippen MR) is 122 cm³/mol. The number of rotatable bonds is 3. The smallest absolute Gasteiger partial charge is 0.186 e. The molecule has 1 atom stereocenters. The van der Waals surface area contributed by atoms with Gasteiger partial charge in [0.15, 0.2) is 17.8 Å². The molecule has 1 unspecified atom stereocenters. The largest absolute Gasteiger partial charge is 0.461 e. The quantitative estimate of drug-likeness (QED) is 0.460. The lowest BCUT2D eigenvalue weighted by atomic mass is 10.0. The highest BCUT2D eigenvalue weighted by Gasteiger charge is 2.36. The number of nitrogens with zero attached hydrogens (tertiary/aromatic N) is 4. The molecule has 2 aliphatic heterocycles. The van der Waals surface area contributed by atoms with Crippen LogP contribution >= 0.6 is 11.6 Å². The number of hydrazine groups is 1. The summed E-state index contributed by atoms with van der Waals surface area (Å²) in [6, 6.07) is 20.0. The number of furan rings is 1. The summed E-state index contributed by atoms with van der Waals surface area (Å²) < 4.78 is 7.66. The second-order valence-electron chi connectivity index (χ2n) is 7.58. The van der Waals surface area contributed by atoms with Gasteiger partial charge in [0.1, 0.15) is 12.2 Å². The molecule has 2 aromatic heterocycles. The first-order valence-corrected chi connectivity index (χ1v) is 10.3. The van der Waals surface area contributed by atoms with Gasteiger partial charge in [-0.1, -0.05) is 41.4 Å². The fourth-order valence-electron chi connectivity index (χ4n) is 4.00. The number of benzene rings is 2. The van der Waals surface area contributed by atoms with E-state index in [1.165, 1.54) is 5.56 Å². The monoisotopic (exact) mass is 427 g/mol. The molecule has 6 rings (SSSR count). The van der Waals surface area contributed by atoms with Crippen molar-refractivity contribution in [3.63, 3.8) is 0 Å². The molecule has 4 heterocycles. The van der Waals surface area contributed by atoms with Crippen molar-refractivity contribution in [2.75, 3.05) is 0 Å². The van der Waals surface area contributed by atoms with Gasteiger partial charge in [-0.2, -0.15) is 0 Å². The Balaban J connectivity index is 1.55. The zero-order valence-electron chi connectivity index (χ0n) is 16.7. The van der Waals surface area contributed by atoms with Crippen LogP contribution in [0.4, 0.5) is 5.82 Å². The number of halogens is 1. The normalized spacial score (nSPS) is 16.6. The van der Waals surface area contributed by atoms with E-state index in [0.717, 1.165) is 28.2 Å². The van der Waals surface area contributed by atoms with Gasteiger partial charge in [0.05, 0.1) is 11.8 Å². The van der Waals surface area contributed by atoms with Crippen molar-refractivity contribution in [2.45, 2.75) is 13.1 Å². The van der Waals surface area contributed by atoms with Crippen molar-refractivity contribution in [3.05, 3.63) is 95.0 Å². The Morgan fingerprint density at radius 1 is 1.03 bits per heavy atom. The van der Waals surface area contributed by atoms with Crippen molar-refractivity contribution in [1.29, 1.82) is 0 Å². The van der Waals surface area contributed by atoms with Crippen LogP contribution in [0.15, 0.2) is 87.5 Å². The summed E-state index contributed by atoms with van der Waals surface area (Å²) in [6.07, 6.45) is 5.29. The third-order valence-corrected chi connectivity index (χ3v) is 5.80. The minimum Gasteiger partial charge on any atom is -0.461 e. The fraction of sp³-hybridized carbons (Fsp3) is 0.0833. The summed E-state index contributed by atoms with van der Waals surface area (Å²) in [5.41, 5.74) is 8.70. The van der Waals surface area contributed by atoms with E-state index in [1.807, 2.05) is 41.4 Å². The Hall–Kier alpha value is -3.77. The maximum atomic E-state index is 6.14. The molecule has 0 saturated carbocycles. The van der Waals surface area contributed by atoms with Gasteiger partial charge in [-0.05, 0) is 48.9 Å². The Morgan fingerprint density at radius 3 is 2.58 bits per heavy atom. The Kier molecular flexibility index (Phi) is 4.01. The van der Waals surface area contributed by atoms with Gasteiger partial charge >= 0.3 is 0 Å². The first-order chi connectivity index (χ1) is 15.2. The van der Waals surface area contributed by atoms with Crippen molar-refractivity contribution in [1.82, 2.24) is 15.0 Å². The second kappa shape index (κ2) is 6.89. The van der Waals surface area contributed by atoms with E-state index in [0.29, 0.717) is 16.6 Å². The molecule has 0 aliphatic carbocycles. The molecular formula is C24H18ClN5O. The number of hydrogen-bond acceptors (Lipinski definition) is 5. The van der Waals surface area contributed by atoms with E-state index in [2.05, 4.69) is 47.4 Å². The van der Waals surface area contributed by atoms with Crippen LogP contribution in [0.25, 0.3) is 16.8 Å². The van der Waals surface area contributed by atoms with Crippen LogP contribution in [0.2, 0.25) is 5.02 Å². The van der Waals surface area contributed by atoms with Gasteiger partial charge in [-0.25, -0.2) is 15.0 Å². The van der Waals surface area contributed by atoms with E-state index in [1.54, 1.807) is 12.6 Å². The van der Waals surface area contributed by atoms with Crippen LogP contribution in [-0.2, 0) is 0 Å². The van der Waals surface area contributed by atoms with Crippen molar-refractivity contribution >= 4 is 29.6 Å². The number of aliphatic imine (C=N–C) groups is 2. The van der Waals surface area contributed by atoms with E-state index < -0.39 is 0 Å². The van der Waals surface area contributed by atoms with Gasteiger partial charge in [-0.15, -0.1) is 0 Å². The average Bonchev–Trinajstić information content (AvgIpc) is 3.52. The molecule has 7 heteroatoms. The molecule has 0 bridgehead atoms. The lowest BCUT2D eigenvalue weighted by molar-refractivity contribution is 0.326. The third-order valence-electron chi connectivity index (χ3n) is 5.55. The maximum absolute atomic E-state index is 6.14. The summed E-state index contributed by atoms with van der Waals surface area (Å²) in [7, 11) is 0. The molecule has 0 amide bonds. The Bertz CT molecular complexity index is 1320. The number of amidine groups is 1. The van der Waals surface area contributed by atoms with E-state index in [9.17, 15) is 0 Å². The van der Waals surface area contributed by atoms with Gasteiger partial charge in [-0.3, -0.25) is 5.43 Å². The number of fused-ring (bicyclic) bond motifs is 3. The van der Waals surface area contributed by atoms with E-state index >= 15 is 0 Å². The van der Waals surface area contributed by atoms with Gasteiger partial charge < -0.3 is 8.98 Å². The SMILES string of the molecule is Cc1ccc(-n2cc(-c3ccc(Cl)cc3)c3c2N=CN2NC(c4ccco4)=NC32)cc1. The number of hydrogen-bond donors (Lipinski definition) is 1. The second-order valence-corrected chi connectivity index (χ2v) is 8.02. The van der Waals surface area contributed by atoms with Crippen molar-refractivity contribution in [2.24, 2.45) is 9.98 Å². The van der Waals surface area contributed by atoms with Crippen LogP contribution in [0, 0.1) is 6.92 Å². The third kappa shape index (κ3) is 2.95. The van der Waals surface area contributed by atoms with Crippen LogP contribution in [0.5, 0.6) is 0 Å². The lowest BCUT2D eigenvalue weighted by Gasteiger charge is -2.25. The molecule has 152 valence electrons. The average molecular weight is 428 g/mol. The maximum Gasteiger partial charge on any atom is 0.186 e. The van der Waals surface area contributed by atoms with Gasteiger partial charge in [0, 0.05) is 22.5 Å². The summed E-state index contributed by atoms with van der Waals surface area (Å²) in [4.78, 5) is 9.71. The molecule has 2 aliphatic rings. The van der Waals surface area contributed by atoms with E-state index in [4.69, 9.17) is 26.0 Å². The predicted octanol–water partition coefficient (Wildman–Crippen LogP) is 5.64.